The van der Waals surface area contributed by atoms with Gasteiger partial charge in [0.25, 0.3) is 0 Å². The molecule has 164 valence electrons. The minimum Gasteiger partial charge on any atom is -0.550 e. The number of aliphatic carboxylic acids is 1. The fraction of sp³-hybridized carbons (Fsp3) is 0.739. The average molecular weight is 415 g/mol. The summed E-state index contributed by atoms with van der Waals surface area (Å²) in [5.41, 5.74) is 2.48. The average Bonchev–Trinajstić information content (AvgIpc) is 3.27. The van der Waals surface area contributed by atoms with Crippen LogP contribution in [0.4, 0.5) is 0 Å². The van der Waals surface area contributed by atoms with E-state index in [-0.39, 0.29) is 18.7 Å². The lowest BCUT2D eigenvalue weighted by molar-refractivity contribution is -0.942. The first-order chi connectivity index (χ1) is 14.5. The summed E-state index contributed by atoms with van der Waals surface area (Å²) in [7, 11) is 0. The summed E-state index contributed by atoms with van der Waals surface area (Å²) in [5, 5.41) is 13.5. The largest absolute Gasteiger partial charge is 0.550 e. The maximum atomic E-state index is 12.0. The third kappa shape index (κ3) is 4.99. The molecule has 2 N–H and O–H groups in total. The lowest BCUT2D eigenvalue weighted by atomic mass is 9.74. The van der Waals surface area contributed by atoms with Gasteiger partial charge in [0.2, 0.25) is 5.91 Å². The highest BCUT2D eigenvalue weighted by atomic mass is 16.4. The van der Waals surface area contributed by atoms with Crippen molar-refractivity contribution >= 4 is 11.9 Å². The van der Waals surface area contributed by atoms with Gasteiger partial charge in [-0.1, -0.05) is 12.8 Å². The molecule has 3 saturated heterocycles. The van der Waals surface area contributed by atoms with Crippen molar-refractivity contribution in [3.63, 3.8) is 0 Å². The van der Waals surface area contributed by atoms with Gasteiger partial charge in [0.15, 0.2) is 0 Å². The van der Waals surface area contributed by atoms with Crippen LogP contribution >= 0.6 is 0 Å². The van der Waals surface area contributed by atoms with Crippen molar-refractivity contribution in [1.29, 1.82) is 0 Å². The Labute approximate surface area is 178 Å². The number of carbonyl (C=O) groups excluding carboxylic acids is 2. The van der Waals surface area contributed by atoms with Gasteiger partial charge in [0.05, 0.1) is 31.2 Å². The van der Waals surface area contributed by atoms with Gasteiger partial charge in [-0.05, 0) is 44.6 Å². The van der Waals surface area contributed by atoms with E-state index in [0.717, 1.165) is 25.3 Å². The molecule has 1 aromatic heterocycles. The van der Waals surface area contributed by atoms with Crippen molar-refractivity contribution in [3.8, 4) is 0 Å². The monoisotopic (exact) mass is 414 g/mol. The second kappa shape index (κ2) is 9.41. The molecule has 4 atom stereocenters. The van der Waals surface area contributed by atoms with E-state index in [0.29, 0.717) is 36.8 Å². The van der Waals surface area contributed by atoms with Gasteiger partial charge in [0, 0.05) is 36.8 Å². The van der Waals surface area contributed by atoms with Gasteiger partial charge in [-0.3, -0.25) is 4.79 Å². The highest BCUT2D eigenvalue weighted by molar-refractivity contribution is 5.76. The molecule has 0 aromatic carbocycles. The molecule has 3 aliphatic heterocycles. The maximum Gasteiger partial charge on any atom is 0.220 e. The molecule has 1 unspecified atom stereocenters. The molecule has 30 heavy (non-hydrogen) atoms. The fourth-order valence-corrected chi connectivity index (χ4v) is 5.84. The number of nitrogens with zero attached hydrogens (tertiary/aromatic N) is 2. The molecule has 5 rings (SSSR count). The molecule has 0 spiro atoms. The molecule has 4 fully saturated rings. The second-order valence-electron chi connectivity index (χ2n) is 9.48. The Morgan fingerprint density at radius 1 is 1.17 bits per heavy atom. The van der Waals surface area contributed by atoms with Crippen molar-refractivity contribution in [1.82, 2.24) is 15.3 Å². The Balaban J connectivity index is 1.34. The lowest BCUT2D eigenvalue weighted by Gasteiger charge is -2.46. The van der Waals surface area contributed by atoms with Gasteiger partial charge in [-0.2, -0.15) is 0 Å². The van der Waals surface area contributed by atoms with Gasteiger partial charge in [-0.15, -0.1) is 0 Å². The molecular formula is C23H34N4O3. The van der Waals surface area contributed by atoms with Crippen LogP contribution in [-0.4, -0.2) is 47.5 Å². The van der Waals surface area contributed by atoms with E-state index >= 15 is 0 Å². The minimum absolute atomic E-state index is 0.0533. The second-order valence-corrected chi connectivity index (χ2v) is 9.48. The van der Waals surface area contributed by atoms with E-state index in [1.54, 1.807) is 4.90 Å². The molecule has 4 heterocycles. The van der Waals surface area contributed by atoms with Gasteiger partial charge in [0.1, 0.15) is 11.9 Å². The number of hydrogen-bond donors (Lipinski definition) is 2. The Morgan fingerprint density at radius 3 is 2.63 bits per heavy atom. The summed E-state index contributed by atoms with van der Waals surface area (Å²) in [6, 6.07) is 2.74. The molecule has 0 radical (unpaired) electrons. The zero-order valence-electron chi connectivity index (χ0n) is 18.0. The number of rotatable bonds is 8. The molecule has 4 aliphatic rings. The highest BCUT2D eigenvalue weighted by Crippen LogP contribution is 2.37. The molecule has 7 heteroatoms. The van der Waals surface area contributed by atoms with Gasteiger partial charge >= 0.3 is 0 Å². The summed E-state index contributed by atoms with van der Waals surface area (Å²) in [5.74, 6) is 1.48. The van der Waals surface area contributed by atoms with E-state index in [4.69, 9.17) is 9.97 Å². The summed E-state index contributed by atoms with van der Waals surface area (Å²) >= 11 is 0. The standard InChI is InChI=1S/C23H34N4O3/c1-15-25-20(16-5-2-3-6-16)12-21(26-15)19-14-27-10-9-17(19)11-18(27)13-24-22(28)7-4-8-23(29)30/h12,16-19H,2-11,13-14H2,1H3,(H,24,28)(H,29,30)/t17-,18+,19-/m0/s1. The number of carbonyl (C=O) groups is 2. The number of carboxylic acid groups (broad SMARTS) is 1. The molecular weight excluding hydrogens is 380 g/mol. The van der Waals surface area contributed by atoms with Crippen LogP contribution in [0.25, 0.3) is 0 Å². The number of aromatic nitrogens is 2. The van der Waals surface area contributed by atoms with Crippen LogP contribution in [-0.2, 0) is 9.59 Å². The van der Waals surface area contributed by atoms with Crippen LogP contribution in [0.5, 0.6) is 0 Å². The number of quaternary nitrogens is 1. The van der Waals surface area contributed by atoms with E-state index < -0.39 is 5.97 Å². The van der Waals surface area contributed by atoms with Crippen LogP contribution < -0.4 is 15.3 Å². The molecule has 1 aromatic rings. The van der Waals surface area contributed by atoms with Crippen LogP contribution in [0.2, 0.25) is 0 Å². The van der Waals surface area contributed by atoms with E-state index in [9.17, 15) is 14.7 Å². The number of fused-ring (bicyclic) bond motifs is 3. The highest BCUT2D eigenvalue weighted by Gasteiger charge is 2.44. The first-order valence-corrected chi connectivity index (χ1v) is 11.7. The topological polar surface area (TPSA) is 99.5 Å². The van der Waals surface area contributed by atoms with Crippen LogP contribution in [0.1, 0.15) is 86.8 Å². The predicted molar refractivity (Wildman–Crippen MR) is 110 cm³/mol. The molecule has 1 aliphatic carbocycles. The number of piperidine rings is 3. The zero-order valence-corrected chi connectivity index (χ0v) is 18.0. The number of carboxylic acids is 1. The summed E-state index contributed by atoms with van der Waals surface area (Å²) < 4.78 is 0. The van der Waals surface area contributed by atoms with Crippen LogP contribution in [0.15, 0.2) is 6.07 Å². The van der Waals surface area contributed by atoms with E-state index in [1.807, 2.05) is 6.92 Å². The third-order valence-electron chi connectivity index (χ3n) is 7.41. The Bertz CT molecular complexity index is 778. The van der Waals surface area contributed by atoms with E-state index in [1.165, 1.54) is 43.5 Å². The van der Waals surface area contributed by atoms with Gasteiger partial charge in [-0.25, -0.2) is 9.97 Å². The fourth-order valence-electron chi connectivity index (χ4n) is 5.84. The Morgan fingerprint density at radius 2 is 1.93 bits per heavy atom. The Kier molecular flexibility index (Phi) is 6.66. The number of aryl methyl sites for hydroxylation is 1. The van der Waals surface area contributed by atoms with Crippen molar-refractivity contribution in [2.75, 3.05) is 19.6 Å². The summed E-state index contributed by atoms with van der Waals surface area (Å²) in [6.07, 6.45) is 8.01. The SMILES string of the molecule is Cc1nc(C2CCCC2)cc([C@H]2C[NH+]3CC[C@H]2C[C@@H]3CNC(=O)CCCC(=O)[O-])n1. The third-order valence-corrected chi connectivity index (χ3v) is 7.41. The quantitative estimate of drug-likeness (QED) is 0.635. The summed E-state index contributed by atoms with van der Waals surface area (Å²) in [4.78, 5) is 33.7. The normalized spacial score (nSPS) is 28.6. The van der Waals surface area contributed by atoms with Gasteiger partial charge < -0.3 is 20.1 Å². The number of hydrogen-bond acceptors (Lipinski definition) is 5. The van der Waals surface area contributed by atoms with Crippen molar-refractivity contribution < 1.29 is 19.6 Å². The van der Waals surface area contributed by atoms with Crippen LogP contribution in [0.3, 0.4) is 0 Å². The first kappa shape index (κ1) is 21.2. The molecule has 1 saturated carbocycles. The van der Waals surface area contributed by atoms with E-state index in [2.05, 4.69) is 11.4 Å². The predicted octanol–water partition coefficient (Wildman–Crippen LogP) is 0.240. The summed E-state index contributed by atoms with van der Waals surface area (Å²) in [6.45, 7) is 4.94. The first-order valence-electron chi connectivity index (χ1n) is 11.7. The zero-order chi connectivity index (χ0) is 21.1. The van der Waals surface area contributed by atoms with Crippen molar-refractivity contribution in [2.45, 2.75) is 82.6 Å². The smallest absolute Gasteiger partial charge is 0.220 e. The van der Waals surface area contributed by atoms with Crippen molar-refractivity contribution in [3.05, 3.63) is 23.3 Å². The molecule has 1 amide bonds. The van der Waals surface area contributed by atoms with Crippen LogP contribution in [0, 0.1) is 12.8 Å². The van der Waals surface area contributed by atoms with Crippen molar-refractivity contribution in [2.24, 2.45) is 5.92 Å². The number of nitrogens with one attached hydrogen (secondary N) is 2. The molecule has 2 bridgehead atoms. The maximum absolute atomic E-state index is 12.0. The minimum atomic E-state index is -1.09. The lowest BCUT2D eigenvalue weighted by Crippen LogP contribution is -3.20. The Hall–Kier alpha value is -2.02. The molecule has 7 nitrogen and oxygen atoms in total. The number of amides is 1.